The number of carbonyl (C=O) groups is 1. The molecule has 0 N–H and O–H groups in total. The van der Waals surface area contributed by atoms with Gasteiger partial charge in [0.2, 0.25) is 15.9 Å². The third kappa shape index (κ3) is 3.91. The summed E-state index contributed by atoms with van der Waals surface area (Å²) < 4.78 is 29.3. The van der Waals surface area contributed by atoms with Crippen molar-refractivity contribution in [3.8, 4) is 0 Å². The highest BCUT2D eigenvalue weighted by Crippen LogP contribution is 2.34. The van der Waals surface area contributed by atoms with Gasteiger partial charge in [0, 0.05) is 45.1 Å². The number of sulfonamides is 1. The summed E-state index contributed by atoms with van der Waals surface area (Å²) in [6, 6.07) is 12.7. The molecule has 2 aliphatic rings. The predicted octanol–water partition coefficient (Wildman–Crippen LogP) is 2.08. The molecule has 0 spiro atoms. The smallest absolute Gasteiger partial charge is 0.243 e. The van der Waals surface area contributed by atoms with Crippen LogP contribution >= 0.6 is 0 Å². The van der Waals surface area contributed by atoms with Crippen LogP contribution in [0.1, 0.15) is 31.5 Å². The molecule has 0 bridgehead atoms. The van der Waals surface area contributed by atoms with Gasteiger partial charge in [-0.1, -0.05) is 18.2 Å². The molecule has 1 aromatic heterocycles. The molecule has 2 aliphatic heterocycles. The SMILES string of the molecule is C[C@@H](C(=O)N1CCN(S(=O)(=O)c2ccccc2)CC1)N1CCC[C@H]1c1cccn1C. The Morgan fingerprint density at radius 2 is 1.70 bits per heavy atom. The Bertz CT molecular complexity index is 981. The predicted molar refractivity (Wildman–Crippen MR) is 115 cm³/mol. The van der Waals surface area contributed by atoms with Gasteiger partial charge in [-0.05, 0) is 50.6 Å². The van der Waals surface area contributed by atoms with Gasteiger partial charge in [-0.15, -0.1) is 0 Å². The highest BCUT2D eigenvalue weighted by atomic mass is 32.2. The number of carbonyl (C=O) groups excluding carboxylic acids is 1. The number of amides is 1. The van der Waals surface area contributed by atoms with Crippen LogP contribution in [0.15, 0.2) is 53.6 Å². The number of aromatic nitrogens is 1. The van der Waals surface area contributed by atoms with Gasteiger partial charge in [-0.2, -0.15) is 4.31 Å². The van der Waals surface area contributed by atoms with E-state index in [9.17, 15) is 13.2 Å². The Kier molecular flexibility index (Phi) is 5.99. The number of hydrogen-bond acceptors (Lipinski definition) is 4. The fourth-order valence-corrected chi connectivity index (χ4v) is 6.13. The third-order valence-corrected chi connectivity index (χ3v) is 8.32. The van der Waals surface area contributed by atoms with Crippen molar-refractivity contribution >= 4 is 15.9 Å². The number of likely N-dealkylation sites (tertiary alicyclic amines) is 1. The summed E-state index contributed by atoms with van der Waals surface area (Å²) in [6.45, 7) is 4.41. The summed E-state index contributed by atoms with van der Waals surface area (Å²) >= 11 is 0. The van der Waals surface area contributed by atoms with Crippen molar-refractivity contribution in [1.29, 1.82) is 0 Å². The van der Waals surface area contributed by atoms with Crippen LogP contribution in [0.5, 0.6) is 0 Å². The van der Waals surface area contributed by atoms with Crippen molar-refractivity contribution in [2.45, 2.75) is 36.7 Å². The van der Waals surface area contributed by atoms with Crippen molar-refractivity contribution in [2.75, 3.05) is 32.7 Å². The van der Waals surface area contributed by atoms with Crippen molar-refractivity contribution in [1.82, 2.24) is 18.7 Å². The van der Waals surface area contributed by atoms with Crippen LogP contribution in [0.25, 0.3) is 0 Å². The second-order valence-corrected chi connectivity index (χ2v) is 10.1. The fraction of sp³-hybridized carbons (Fsp3) is 0.500. The van der Waals surface area contributed by atoms with Crippen molar-refractivity contribution < 1.29 is 13.2 Å². The first kappa shape index (κ1) is 21.1. The first-order valence-electron chi connectivity index (χ1n) is 10.6. The van der Waals surface area contributed by atoms with Crippen LogP contribution in [0.4, 0.5) is 0 Å². The quantitative estimate of drug-likeness (QED) is 0.729. The van der Waals surface area contributed by atoms with E-state index in [0.717, 1.165) is 19.4 Å². The molecule has 2 aromatic rings. The lowest BCUT2D eigenvalue weighted by molar-refractivity contribution is -0.138. The molecule has 2 saturated heterocycles. The molecule has 2 fully saturated rings. The van der Waals surface area contributed by atoms with Gasteiger partial charge in [-0.25, -0.2) is 8.42 Å². The zero-order valence-electron chi connectivity index (χ0n) is 17.6. The highest BCUT2D eigenvalue weighted by Gasteiger charge is 2.37. The van der Waals surface area contributed by atoms with E-state index in [0.29, 0.717) is 31.1 Å². The second kappa shape index (κ2) is 8.53. The molecular weight excluding hydrogens is 400 g/mol. The average Bonchev–Trinajstić information content (AvgIpc) is 3.42. The number of nitrogens with zero attached hydrogens (tertiary/aromatic N) is 4. The summed E-state index contributed by atoms with van der Waals surface area (Å²) in [4.78, 5) is 17.6. The molecule has 1 aromatic carbocycles. The lowest BCUT2D eigenvalue weighted by atomic mass is 10.1. The monoisotopic (exact) mass is 430 g/mol. The lowest BCUT2D eigenvalue weighted by Crippen LogP contribution is -2.55. The summed E-state index contributed by atoms with van der Waals surface area (Å²) in [5.41, 5.74) is 1.24. The molecule has 0 saturated carbocycles. The molecule has 0 aliphatic carbocycles. The number of benzene rings is 1. The van der Waals surface area contributed by atoms with Crippen molar-refractivity contribution in [3.63, 3.8) is 0 Å². The van der Waals surface area contributed by atoms with E-state index < -0.39 is 10.0 Å². The molecule has 4 rings (SSSR count). The minimum atomic E-state index is -3.51. The van der Waals surface area contributed by atoms with Gasteiger partial charge in [0.05, 0.1) is 17.0 Å². The summed E-state index contributed by atoms with van der Waals surface area (Å²) in [6.07, 6.45) is 4.18. The van der Waals surface area contributed by atoms with E-state index in [-0.39, 0.29) is 18.0 Å². The van der Waals surface area contributed by atoms with Gasteiger partial charge in [0.25, 0.3) is 0 Å². The zero-order valence-corrected chi connectivity index (χ0v) is 18.5. The third-order valence-electron chi connectivity index (χ3n) is 6.41. The van der Waals surface area contributed by atoms with E-state index in [4.69, 9.17) is 0 Å². The molecule has 2 atom stereocenters. The summed E-state index contributed by atoms with van der Waals surface area (Å²) in [5, 5.41) is 0. The molecule has 0 unspecified atom stereocenters. The van der Waals surface area contributed by atoms with E-state index in [1.165, 1.54) is 10.00 Å². The molecule has 162 valence electrons. The van der Waals surface area contributed by atoms with E-state index in [1.807, 2.05) is 31.1 Å². The van der Waals surface area contributed by atoms with E-state index in [1.54, 1.807) is 30.3 Å². The molecule has 1 amide bonds. The molecule has 3 heterocycles. The number of hydrogen-bond donors (Lipinski definition) is 0. The van der Waals surface area contributed by atoms with Crippen LogP contribution < -0.4 is 0 Å². The number of aryl methyl sites for hydroxylation is 1. The number of rotatable bonds is 5. The minimum absolute atomic E-state index is 0.0906. The lowest BCUT2D eigenvalue weighted by Gasteiger charge is -2.38. The highest BCUT2D eigenvalue weighted by molar-refractivity contribution is 7.89. The Morgan fingerprint density at radius 1 is 1.00 bits per heavy atom. The molecule has 7 nitrogen and oxygen atoms in total. The minimum Gasteiger partial charge on any atom is -0.353 e. The van der Waals surface area contributed by atoms with Crippen LogP contribution in [-0.4, -0.2) is 71.8 Å². The van der Waals surface area contributed by atoms with Crippen LogP contribution in [0.3, 0.4) is 0 Å². The first-order valence-corrected chi connectivity index (χ1v) is 12.0. The Morgan fingerprint density at radius 3 is 2.33 bits per heavy atom. The fourth-order valence-electron chi connectivity index (χ4n) is 4.69. The van der Waals surface area contributed by atoms with Gasteiger partial charge in [0.1, 0.15) is 0 Å². The second-order valence-electron chi connectivity index (χ2n) is 8.16. The average molecular weight is 431 g/mol. The van der Waals surface area contributed by atoms with Gasteiger partial charge in [-0.3, -0.25) is 9.69 Å². The molecular formula is C22H30N4O3S. The zero-order chi connectivity index (χ0) is 21.3. The molecule has 30 heavy (non-hydrogen) atoms. The van der Waals surface area contributed by atoms with Gasteiger partial charge in [0.15, 0.2) is 0 Å². The standard InChI is InChI=1S/C22H30N4O3S/c1-18(26-13-7-11-21(26)20-10-6-12-23(20)2)22(27)24-14-16-25(17-15-24)30(28,29)19-8-4-3-5-9-19/h3-6,8-10,12,18,21H,7,11,13-17H2,1-2H3/t18-,21-/m0/s1. The Labute approximate surface area is 178 Å². The van der Waals surface area contributed by atoms with Gasteiger partial charge >= 0.3 is 0 Å². The summed E-state index contributed by atoms with van der Waals surface area (Å²) in [5.74, 6) is 0.0906. The maximum absolute atomic E-state index is 13.2. The summed E-state index contributed by atoms with van der Waals surface area (Å²) in [7, 11) is -1.46. The normalized spacial score (nSPS) is 22.3. The maximum Gasteiger partial charge on any atom is 0.243 e. The van der Waals surface area contributed by atoms with Crippen LogP contribution in [0, 0.1) is 0 Å². The molecule has 0 radical (unpaired) electrons. The Hall–Kier alpha value is -2.16. The number of piperazine rings is 1. The van der Waals surface area contributed by atoms with Crippen molar-refractivity contribution in [3.05, 3.63) is 54.4 Å². The van der Waals surface area contributed by atoms with Crippen molar-refractivity contribution in [2.24, 2.45) is 7.05 Å². The topological polar surface area (TPSA) is 65.9 Å². The van der Waals surface area contributed by atoms with Crippen LogP contribution in [0.2, 0.25) is 0 Å². The van der Waals surface area contributed by atoms with Gasteiger partial charge < -0.3 is 9.47 Å². The van der Waals surface area contributed by atoms with E-state index >= 15 is 0 Å². The largest absolute Gasteiger partial charge is 0.353 e. The van der Waals surface area contributed by atoms with Crippen LogP contribution in [-0.2, 0) is 21.9 Å². The Balaban J connectivity index is 1.40. The van der Waals surface area contributed by atoms with E-state index in [2.05, 4.69) is 15.5 Å². The maximum atomic E-state index is 13.2. The molecule has 8 heteroatoms. The first-order chi connectivity index (χ1) is 14.4.